The van der Waals surface area contributed by atoms with E-state index >= 15 is 0 Å². The summed E-state index contributed by atoms with van der Waals surface area (Å²) in [5, 5.41) is 3.07. The molecule has 2 amide bonds. The molecule has 3 nitrogen and oxygen atoms in total. The summed E-state index contributed by atoms with van der Waals surface area (Å²) in [6.45, 7) is 6.30. The number of benzene rings is 1. The van der Waals surface area contributed by atoms with Crippen molar-refractivity contribution in [3.63, 3.8) is 0 Å². The Hall–Kier alpha value is -1.51. The molecule has 0 aromatic heterocycles. The van der Waals surface area contributed by atoms with Gasteiger partial charge in [-0.05, 0) is 32.3 Å². The number of carbonyl (C=O) groups excluding carboxylic acids is 1. The second-order valence-electron chi connectivity index (χ2n) is 4.98. The maximum Gasteiger partial charge on any atom is 0.317 e. The SMILES string of the molecule is CCN(CC)C(=O)NCC1(c2ccccc2)CC1. The van der Waals surface area contributed by atoms with Gasteiger partial charge in [0.2, 0.25) is 0 Å². The van der Waals surface area contributed by atoms with Crippen LogP contribution in [0.15, 0.2) is 30.3 Å². The van der Waals surface area contributed by atoms with Gasteiger partial charge in [0.25, 0.3) is 0 Å². The molecule has 0 bridgehead atoms. The van der Waals surface area contributed by atoms with Crippen molar-refractivity contribution in [2.24, 2.45) is 0 Å². The molecular weight excluding hydrogens is 224 g/mol. The van der Waals surface area contributed by atoms with E-state index in [9.17, 15) is 4.79 Å². The third-order valence-electron chi connectivity index (χ3n) is 3.87. The van der Waals surface area contributed by atoms with Gasteiger partial charge in [-0.15, -0.1) is 0 Å². The number of amides is 2. The average molecular weight is 246 g/mol. The summed E-state index contributed by atoms with van der Waals surface area (Å²) in [4.78, 5) is 13.7. The maximum atomic E-state index is 11.9. The average Bonchev–Trinajstić information content (AvgIpc) is 3.20. The van der Waals surface area contributed by atoms with E-state index in [1.165, 1.54) is 18.4 Å². The topological polar surface area (TPSA) is 32.3 Å². The third kappa shape index (κ3) is 2.66. The zero-order valence-corrected chi connectivity index (χ0v) is 11.3. The first-order valence-electron chi connectivity index (χ1n) is 6.80. The zero-order valence-electron chi connectivity index (χ0n) is 11.3. The van der Waals surface area contributed by atoms with Crippen molar-refractivity contribution in [2.45, 2.75) is 32.1 Å². The Kier molecular flexibility index (Phi) is 3.90. The first kappa shape index (κ1) is 12.9. The van der Waals surface area contributed by atoms with Gasteiger partial charge in [-0.3, -0.25) is 0 Å². The number of nitrogens with one attached hydrogen (secondary N) is 1. The highest BCUT2D eigenvalue weighted by atomic mass is 16.2. The van der Waals surface area contributed by atoms with Crippen LogP contribution in [-0.2, 0) is 5.41 Å². The molecule has 0 unspecified atom stereocenters. The maximum absolute atomic E-state index is 11.9. The van der Waals surface area contributed by atoms with Crippen molar-refractivity contribution < 1.29 is 4.79 Å². The van der Waals surface area contributed by atoms with E-state index in [-0.39, 0.29) is 11.4 Å². The Balaban J connectivity index is 1.93. The number of nitrogens with zero attached hydrogens (tertiary/aromatic N) is 1. The van der Waals surface area contributed by atoms with Gasteiger partial charge in [-0.25, -0.2) is 4.79 Å². The van der Waals surface area contributed by atoms with Gasteiger partial charge >= 0.3 is 6.03 Å². The summed E-state index contributed by atoms with van der Waals surface area (Å²) in [5.41, 5.74) is 1.55. The van der Waals surface area contributed by atoms with Crippen molar-refractivity contribution in [3.8, 4) is 0 Å². The van der Waals surface area contributed by atoms with E-state index in [1.54, 1.807) is 0 Å². The molecule has 1 fully saturated rings. The molecule has 1 aromatic carbocycles. The smallest absolute Gasteiger partial charge is 0.317 e. The van der Waals surface area contributed by atoms with Crippen LogP contribution >= 0.6 is 0 Å². The molecule has 0 saturated heterocycles. The predicted octanol–water partition coefficient (Wildman–Crippen LogP) is 2.77. The summed E-state index contributed by atoms with van der Waals surface area (Å²) in [6, 6.07) is 10.6. The summed E-state index contributed by atoms with van der Waals surface area (Å²) in [5.74, 6) is 0. The first-order chi connectivity index (χ1) is 8.72. The van der Waals surface area contributed by atoms with Gasteiger partial charge in [-0.1, -0.05) is 30.3 Å². The van der Waals surface area contributed by atoms with Crippen molar-refractivity contribution in [1.82, 2.24) is 10.2 Å². The Morgan fingerprint density at radius 1 is 1.22 bits per heavy atom. The molecule has 0 aliphatic heterocycles. The lowest BCUT2D eigenvalue weighted by Crippen LogP contribution is -2.42. The van der Waals surface area contributed by atoms with Gasteiger partial charge in [0.1, 0.15) is 0 Å². The minimum absolute atomic E-state index is 0.0576. The molecule has 1 saturated carbocycles. The fraction of sp³-hybridized carbons (Fsp3) is 0.533. The summed E-state index contributed by atoms with van der Waals surface area (Å²) >= 11 is 0. The molecule has 2 rings (SSSR count). The Labute approximate surface area is 109 Å². The standard InChI is InChI=1S/C15H22N2O/c1-3-17(4-2)14(18)16-12-15(10-11-15)13-8-6-5-7-9-13/h5-9H,3-4,10-12H2,1-2H3,(H,16,18). The number of hydrogen-bond donors (Lipinski definition) is 1. The van der Waals surface area contributed by atoms with Crippen LogP contribution in [0.5, 0.6) is 0 Å². The van der Waals surface area contributed by atoms with Crippen LogP contribution in [0.2, 0.25) is 0 Å². The number of carbonyl (C=O) groups is 1. The minimum atomic E-state index is 0.0576. The van der Waals surface area contributed by atoms with Gasteiger partial charge < -0.3 is 10.2 Å². The van der Waals surface area contributed by atoms with Gasteiger partial charge in [-0.2, -0.15) is 0 Å². The molecule has 18 heavy (non-hydrogen) atoms. The highest BCUT2D eigenvalue weighted by Gasteiger charge is 2.44. The second-order valence-corrected chi connectivity index (χ2v) is 4.98. The van der Waals surface area contributed by atoms with Crippen molar-refractivity contribution in [3.05, 3.63) is 35.9 Å². The number of rotatable bonds is 5. The van der Waals surface area contributed by atoms with Crippen LogP contribution < -0.4 is 5.32 Å². The molecule has 1 aliphatic carbocycles. The Morgan fingerprint density at radius 3 is 2.33 bits per heavy atom. The summed E-state index contributed by atoms with van der Waals surface area (Å²) in [7, 11) is 0. The molecule has 0 heterocycles. The summed E-state index contributed by atoms with van der Waals surface area (Å²) < 4.78 is 0. The Bertz CT molecular complexity index is 394. The van der Waals surface area contributed by atoms with Gasteiger partial charge in [0, 0.05) is 25.0 Å². The normalized spacial score (nSPS) is 16.1. The molecule has 0 atom stereocenters. The molecule has 1 aromatic rings. The lowest BCUT2D eigenvalue weighted by Gasteiger charge is -2.22. The molecular formula is C15H22N2O. The Morgan fingerprint density at radius 2 is 1.83 bits per heavy atom. The first-order valence-corrected chi connectivity index (χ1v) is 6.80. The van der Waals surface area contributed by atoms with E-state index < -0.39 is 0 Å². The van der Waals surface area contributed by atoms with Crippen molar-refractivity contribution in [2.75, 3.05) is 19.6 Å². The van der Waals surface area contributed by atoms with E-state index in [0.29, 0.717) is 0 Å². The van der Waals surface area contributed by atoms with E-state index in [4.69, 9.17) is 0 Å². The van der Waals surface area contributed by atoms with E-state index in [0.717, 1.165) is 19.6 Å². The molecule has 0 spiro atoms. The van der Waals surface area contributed by atoms with Crippen LogP contribution in [0.25, 0.3) is 0 Å². The fourth-order valence-corrected chi connectivity index (χ4v) is 2.38. The minimum Gasteiger partial charge on any atom is -0.337 e. The molecule has 0 radical (unpaired) electrons. The van der Waals surface area contributed by atoms with Gasteiger partial charge in [0.15, 0.2) is 0 Å². The van der Waals surface area contributed by atoms with Crippen LogP contribution in [0.3, 0.4) is 0 Å². The van der Waals surface area contributed by atoms with E-state index in [2.05, 4.69) is 29.6 Å². The van der Waals surface area contributed by atoms with Gasteiger partial charge in [0.05, 0.1) is 0 Å². The highest BCUT2D eigenvalue weighted by molar-refractivity contribution is 5.74. The van der Waals surface area contributed by atoms with Crippen molar-refractivity contribution in [1.29, 1.82) is 0 Å². The quantitative estimate of drug-likeness (QED) is 0.851. The number of hydrogen-bond acceptors (Lipinski definition) is 1. The molecule has 3 heteroatoms. The zero-order chi connectivity index (χ0) is 13.0. The largest absolute Gasteiger partial charge is 0.337 e. The fourth-order valence-electron chi connectivity index (χ4n) is 2.38. The molecule has 1 N–H and O–H groups in total. The van der Waals surface area contributed by atoms with Crippen molar-refractivity contribution >= 4 is 6.03 Å². The van der Waals surface area contributed by atoms with Crippen LogP contribution in [0.4, 0.5) is 4.79 Å². The van der Waals surface area contributed by atoms with Crippen LogP contribution in [0, 0.1) is 0 Å². The van der Waals surface area contributed by atoms with Crippen LogP contribution in [0.1, 0.15) is 32.3 Å². The predicted molar refractivity (Wildman–Crippen MR) is 73.7 cm³/mol. The third-order valence-corrected chi connectivity index (χ3v) is 3.87. The van der Waals surface area contributed by atoms with E-state index in [1.807, 2.05) is 24.8 Å². The van der Waals surface area contributed by atoms with Crippen LogP contribution in [-0.4, -0.2) is 30.6 Å². The number of urea groups is 1. The lowest BCUT2D eigenvalue weighted by molar-refractivity contribution is 0.202. The molecule has 98 valence electrons. The second kappa shape index (κ2) is 5.42. The highest BCUT2D eigenvalue weighted by Crippen LogP contribution is 2.47. The monoisotopic (exact) mass is 246 g/mol. The summed E-state index contributed by atoms with van der Waals surface area (Å²) in [6.07, 6.45) is 2.35. The molecule has 1 aliphatic rings. The lowest BCUT2D eigenvalue weighted by atomic mass is 9.96.